The molecule has 2 aliphatic rings. The number of rotatable bonds is 5. The second-order valence-corrected chi connectivity index (χ2v) is 6.59. The number of benzene rings is 1. The molecule has 1 aromatic carbocycles. The van der Waals surface area contributed by atoms with Crippen LogP contribution in [0, 0.1) is 17.7 Å². The lowest BCUT2D eigenvalue weighted by Crippen LogP contribution is -2.55. The van der Waals surface area contributed by atoms with Crippen LogP contribution in [0.5, 0.6) is 5.75 Å². The standard InChI is InChI=1S/C18H26FNO3.ClH/c1-22-17-7-6-14(19)10-15(17)18(12-20-8-9-23-18)16(11-21)13-4-2-3-5-13;/h6-7,10,13,16,20-21H,2-5,8-9,11-12H2,1H3;1H. The highest BCUT2D eigenvalue weighted by Crippen LogP contribution is 2.47. The summed E-state index contributed by atoms with van der Waals surface area (Å²) in [5.74, 6) is 0.644. The van der Waals surface area contributed by atoms with Crippen LogP contribution in [0.2, 0.25) is 0 Å². The molecular weight excluding hydrogens is 333 g/mol. The van der Waals surface area contributed by atoms with Gasteiger partial charge < -0.3 is 19.9 Å². The predicted octanol–water partition coefficient (Wildman–Crippen LogP) is 2.87. The van der Waals surface area contributed by atoms with Gasteiger partial charge in [0.1, 0.15) is 17.2 Å². The summed E-state index contributed by atoms with van der Waals surface area (Å²) in [6.07, 6.45) is 4.55. The van der Waals surface area contributed by atoms with Gasteiger partial charge in [0, 0.05) is 31.2 Å². The van der Waals surface area contributed by atoms with E-state index in [1.165, 1.54) is 25.0 Å². The molecule has 1 saturated heterocycles. The van der Waals surface area contributed by atoms with Crippen molar-refractivity contribution in [1.82, 2.24) is 5.32 Å². The van der Waals surface area contributed by atoms with Crippen LogP contribution in [0.15, 0.2) is 18.2 Å². The molecule has 1 heterocycles. The maximum Gasteiger partial charge on any atom is 0.125 e. The monoisotopic (exact) mass is 359 g/mol. The van der Waals surface area contributed by atoms with E-state index in [1.807, 2.05) is 0 Å². The Kier molecular flexibility index (Phi) is 6.87. The van der Waals surface area contributed by atoms with Gasteiger partial charge in [0.05, 0.1) is 13.7 Å². The molecule has 6 heteroatoms. The molecule has 1 aromatic rings. The van der Waals surface area contributed by atoms with Crippen LogP contribution < -0.4 is 10.1 Å². The van der Waals surface area contributed by atoms with Crippen LogP contribution in [0.3, 0.4) is 0 Å². The van der Waals surface area contributed by atoms with Gasteiger partial charge in [0.15, 0.2) is 0 Å². The maximum atomic E-state index is 14.0. The molecule has 0 bridgehead atoms. The van der Waals surface area contributed by atoms with E-state index in [4.69, 9.17) is 9.47 Å². The van der Waals surface area contributed by atoms with Crippen molar-refractivity contribution >= 4 is 12.4 Å². The maximum absolute atomic E-state index is 14.0. The lowest BCUT2D eigenvalue weighted by Gasteiger charge is -2.46. The minimum Gasteiger partial charge on any atom is -0.496 e. The first-order valence-electron chi connectivity index (χ1n) is 8.51. The van der Waals surface area contributed by atoms with Gasteiger partial charge in [-0.1, -0.05) is 12.8 Å². The van der Waals surface area contributed by atoms with Crippen molar-refractivity contribution in [2.45, 2.75) is 31.3 Å². The summed E-state index contributed by atoms with van der Waals surface area (Å²) in [6.45, 7) is 1.91. The Balaban J connectivity index is 0.00000208. The number of methoxy groups -OCH3 is 1. The molecule has 2 fully saturated rings. The summed E-state index contributed by atoms with van der Waals surface area (Å²) in [4.78, 5) is 0. The van der Waals surface area contributed by atoms with Crippen LogP contribution in [0.1, 0.15) is 31.2 Å². The highest BCUT2D eigenvalue weighted by molar-refractivity contribution is 5.85. The van der Waals surface area contributed by atoms with Crippen LogP contribution >= 0.6 is 12.4 Å². The van der Waals surface area contributed by atoms with E-state index in [9.17, 15) is 9.50 Å². The summed E-state index contributed by atoms with van der Waals surface area (Å²) < 4.78 is 25.7. The quantitative estimate of drug-likeness (QED) is 0.848. The van der Waals surface area contributed by atoms with Gasteiger partial charge in [0.25, 0.3) is 0 Å². The van der Waals surface area contributed by atoms with Crippen molar-refractivity contribution in [1.29, 1.82) is 0 Å². The van der Waals surface area contributed by atoms with Crippen LogP contribution in [-0.2, 0) is 10.3 Å². The normalized spacial score (nSPS) is 26.0. The molecule has 0 aromatic heterocycles. The Bertz CT molecular complexity index is 531. The van der Waals surface area contributed by atoms with Gasteiger partial charge in [0.2, 0.25) is 0 Å². The molecule has 0 amide bonds. The van der Waals surface area contributed by atoms with E-state index >= 15 is 0 Å². The first-order chi connectivity index (χ1) is 11.2. The van der Waals surface area contributed by atoms with Gasteiger partial charge >= 0.3 is 0 Å². The second-order valence-electron chi connectivity index (χ2n) is 6.59. The zero-order chi connectivity index (χ0) is 16.3. The molecule has 136 valence electrons. The first-order valence-corrected chi connectivity index (χ1v) is 8.51. The Labute approximate surface area is 149 Å². The van der Waals surface area contributed by atoms with Crippen molar-refractivity contribution in [3.05, 3.63) is 29.6 Å². The average Bonchev–Trinajstić information content (AvgIpc) is 3.10. The van der Waals surface area contributed by atoms with Crippen LogP contribution in [0.4, 0.5) is 4.39 Å². The van der Waals surface area contributed by atoms with Crippen molar-refractivity contribution in [3.63, 3.8) is 0 Å². The number of halogens is 2. The predicted molar refractivity (Wildman–Crippen MR) is 93.2 cm³/mol. The lowest BCUT2D eigenvalue weighted by molar-refractivity contribution is -0.138. The zero-order valence-electron chi connectivity index (χ0n) is 14.1. The molecule has 1 saturated carbocycles. The van der Waals surface area contributed by atoms with Gasteiger partial charge in [-0.05, 0) is 37.0 Å². The third-order valence-corrected chi connectivity index (χ3v) is 5.41. The van der Waals surface area contributed by atoms with Crippen LogP contribution in [0.25, 0.3) is 0 Å². The number of hydrogen-bond donors (Lipinski definition) is 2. The molecule has 24 heavy (non-hydrogen) atoms. The third-order valence-electron chi connectivity index (χ3n) is 5.41. The third kappa shape index (κ3) is 3.54. The van der Waals surface area contributed by atoms with Gasteiger partial charge in [-0.3, -0.25) is 0 Å². The number of nitrogens with one attached hydrogen (secondary N) is 1. The van der Waals surface area contributed by atoms with E-state index in [0.29, 0.717) is 30.4 Å². The Morgan fingerprint density at radius 3 is 2.75 bits per heavy atom. The van der Waals surface area contributed by atoms with E-state index in [1.54, 1.807) is 13.2 Å². The number of aliphatic hydroxyl groups excluding tert-OH is 1. The SMILES string of the molecule is COc1ccc(F)cc1C1(C(CO)C2CCCC2)CNCCO1.Cl. The van der Waals surface area contributed by atoms with Crippen LogP contribution in [-0.4, -0.2) is 38.5 Å². The van der Waals surface area contributed by atoms with E-state index in [0.717, 1.165) is 19.4 Å². The molecule has 2 N–H and O–H groups in total. The molecule has 3 rings (SSSR count). The summed E-state index contributed by atoms with van der Waals surface area (Å²) in [5, 5.41) is 13.5. The van der Waals surface area contributed by atoms with Crippen molar-refractivity contribution in [3.8, 4) is 5.75 Å². The summed E-state index contributed by atoms with van der Waals surface area (Å²) >= 11 is 0. The number of ether oxygens (including phenoxy) is 2. The zero-order valence-corrected chi connectivity index (χ0v) is 14.9. The molecule has 4 nitrogen and oxygen atoms in total. The largest absolute Gasteiger partial charge is 0.496 e. The molecule has 0 radical (unpaired) electrons. The Hall–Kier alpha value is -0.880. The topological polar surface area (TPSA) is 50.7 Å². The van der Waals surface area contributed by atoms with E-state index < -0.39 is 5.60 Å². The number of morpholine rings is 1. The number of hydrogen-bond acceptors (Lipinski definition) is 4. The number of aliphatic hydroxyl groups is 1. The molecule has 2 atom stereocenters. The Morgan fingerprint density at radius 1 is 1.42 bits per heavy atom. The second kappa shape index (κ2) is 8.48. The smallest absolute Gasteiger partial charge is 0.125 e. The highest BCUT2D eigenvalue weighted by atomic mass is 35.5. The minimum absolute atomic E-state index is 0. The van der Waals surface area contributed by atoms with E-state index in [-0.39, 0.29) is 30.7 Å². The van der Waals surface area contributed by atoms with Crippen molar-refractivity contribution in [2.75, 3.05) is 33.4 Å². The summed E-state index contributed by atoms with van der Waals surface area (Å²) in [6, 6.07) is 4.55. The summed E-state index contributed by atoms with van der Waals surface area (Å²) in [5.41, 5.74) is -0.0340. The Morgan fingerprint density at radius 2 is 2.17 bits per heavy atom. The first kappa shape index (κ1) is 19.4. The lowest BCUT2D eigenvalue weighted by atomic mass is 9.72. The van der Waals surface area contributed by atoms with E-state index in [2.05, 4.69) is 5.32 Å². The molecule has 1 aliphatic carbocycles. The fourth-order valence-electron chi connectivity index (χ4n) is 4.29. The highest BCUT2D eigenvalue weighted by Gasteiger charge is 2.48. The fraction of sp³-hybridized carbons (Fsp3) is 0.667. The summed E-state index contributed by atoms with van der Waals surface area (Å²) in [7, 11) is 1.59. The molecule has 0 spiro atoms. The average molecular weight is 360 g/mol. The molecule has 2 unspecified atom stereocenters. The fourth-order valence-corrected chi connectivity index (χ4v) is 4.29. The van der Waals surface area contributed by atoms with Crippen molar-refractivity contribution < 1.29 is 19.0 Å². The molecule has 1 aliphatic heterocycles. The van der Waals surface area contributed by atoms with Gasteiger partial charge in [-0.25, -0.2) is 4.39 Å². The van der Waals surface area contributed by atoms with Gasteiger partial charge in [-0.15, -0.1) is 12.4 Å². The van der Waals surface area contributed by atoms with Crippen molar-refractivity contribution in [2.24, 2.45) is 11.8 Å². The molecular formula is C18H27ClFNO3. The minimum atomic E-state index is -0.741. The van der Waals surface area contributed by atoms with Gasteiger partial charge in [-0.2, -0.15) is 0 Å².